The second-order valence-electron chi connectivity index (χ2n) is 5.75. The van der Waals surface area contributed by atoms with Gasteiger partial charge >= 0.3 is 12.4 Å². The van der Waals surface area contributed by atoms with Gasteiger partial charge < -0.3 is 4.74 Å². The van der Waals surface area contributed by atoms with Gasteiger partial charge in [0.15, 0.2) is 0 Å². The van der Waals surface area contributed by atoms with Crippen LogP contribution in [0.5, 0.6) is 0 Å². The van der Waals surface area contributed by atoms with Crippen molar-refractivity contribution in [1.82, 2.24) is 0 Å². The molecule has 3 nitrogen and oxygen atoms in total. The average molecular weight is 497 g/mol. The largest absolute Gasteiger partial charge is 0.416 e. The monoisotopic (exact) mass is 496 g/mol. The molecule has 10 heteroatoms. The summed E-state index contributed by atoms with van der Waals surface area (Å²) in [7, 11) is 1.48. The highest BCUT2D eigenvalue weighted by atomic mass is 79.9. The topological polar surface area (TPSA) is 43.4 Å². The van der Waals surface area contributed by atoms with E-state index < -0.39 is 23.5 Å². The van der Waals surface area contributed by atoms with Gasteiger partial charge in [0, 0.05) is 22.7 Å². The SMILES string of the molecule is COC/C=C/c1cc(C=O)cc(C(F)(F)F)c1.O=Cc1cc(Br)cc(C(F)(F)F)c1. The van der Waals surface area contributed by atoms with Crippen LogP contribution in [0, 0.1) is 0 Å². The normalized spacial score (nSPS) is 11.7. The lowest BCUT2D eigenvalue weighted by atomic mass is 10.1. The Morgan fingerprint density at radius 3 is 1.73 bits per heavy atom. The molecule has 2 aromatic carbocycles. The molecule has 0 radical (unpaired) electrons. The van der Waals surface area contributed by atoms with Crippen LogP contribution in [0.4, 0.5) is 26.3 Å². The van der Waals surface area contributed by atoms with Crippen molar-refractivity contribution in [2.75, 3.05) is 13.7 Å². The standard InChI is InChI=1S/C12H11F3O2.C8H4BrF3O/c1-17-4-2-3-9-5-10(8-16)7-11(6-9)12(13,14)15;9-7-2-5(4-13)1-6(3-7)8(10,11)12/h2-3,5-8H,4H2,1H3;1-4H/b3-2+;. The van der Waals surface area contributed by atoms with Crippen LogP contribution in [-0.2, 0) is 17.1 Å². The third-order valence-electron chi connectivity index (χ3n) is 3.40. The highest BCUT2D eigenvalue weighted by Gasteiger charge is 2.31. The minimum Gasteiger partial charge on any atom is -0.381 e. The van der Waals surface area contributed by atoms with Gasteiger partial charge in [-0.15, -0.1) is 0 Å². The predicted molar refractivity (Wildman–Crippen MR) is 102 cm³/mol. The molecule has 0 N–H and O–H groups in total. The van der Waals surface area contributed by atoms with Crippen LogP contribution in [-0.4, -0.2) is 26.3 Å². The molecule has 2 rings (SSSR count). The van der Waals surface area contributed by atoms with Crippen molar-refractivity contribution in [1.29, 1.82) is 0 Å². The van der Waals surface area contributed by atoms with E-state index in [0.717, 1.165) is 24.3 Å². The molecule has 0 aliphatic heterocycles. The van der Waals surface area contributed by atoms with Crippen molar-refractivity contribution in [3.05, 3.63) is 74.8 Å². The Bertz CT molecular complexity index is 904. The Morgan fingerprint density at radius 2 is 1.27 bits per heavy atom. The number of ether oxygens (including phenoxy) is 1. The summed E-state index contributed by atoms with van der Waals surface area (Å²) >= 11 is 2.89. The lowest BCUT2D eigenvalue weighted by Gasteiger charge is -2.08. The van der Waals surface area contributed by atoms with E-state index in [4.69, 9.17) is 4.74 Å². The van der Waals surface area contributed by atoms with E-state index in [0.29, 0.717) is 24.7 Å². The van der Waals surface area contributed by atoms with E-state index >= 15 is 0 Å². The predicted octanol–water partition coefficient (Wildman–Crippen LogP) is 6.46. The first-order valence-electron chi connectivity index (χ1n) is 8.06. The second-order valence-corrected chi connectivity index (χ2v) is 6.67. The van der Waals surface area contributed by atoms with Crippen LogP contribution in [0.3, 0.4) is 0 Å². The van der Waals surface area contributed by atoms with Crippen LogP contribution < -0.4 is 0 Å². The highest BCUT2D eigenvalue weighted by molar-refractivity contribution is 9.10. The summed E-state index contributed by atoms with van der Waals surface area (Å²) in [6.45, 7) is 0.298. The summed E-state index contributed by atoms with van der Waals surface area (Å²) in [4.78, 5) is 20.8. The van der Waals surface area contributed by atoms with E-state index in [2.05, 4.69) is 15.9 Å². The van der Waals surface area contributed by atoms with Gasteiger partial charge in [0.25, 0.3) is 0 Å². The highest BCUT2D eigenvalue weighted by Crippen LogP contribution is 2.32. The zero-order valence-electron chi connectivity index (χ0n) is 15.4. The number of aldehydes is 2. The maximum absolute atomic E-state index is 12.5. The van der Waals surface area contributed by atoms with Crippen LogP contribution >= 0.6 is 15.9 Å². The van der Waals surface area contributed by atoms with E-state index in [9.17, 15) is 35.9 Å². The van der Waals surface area contributed by atoms with Crippen LogP contribution in [0.25, 0.3) is 6.08 Å². The summed E-state index contributed by atoms with van der Waals surface area (Å²) in [5.74, 6) is 0. The molecule has 0 unspecified atom stereocenters. The molecule has 30 heavy (non-hydrogen) atoms. The third kappa shape index (κ3) is 8.50. The second kappa shape index (κ2) is 11.1. The molecule has 0 amide bonds. The fourth-order valence-corrected chi connectivity index (χ4v) is 2.64. The van der Waals surface area contributed by atoms with Crippen molar-refractivity contribution in [3.8, 4) is 0 Å². The van der Waals surface area contributed by atoms with E-state index in [1.165, 1.54) is 25.3 Å². The number of carbonyl (C=O) groups excluding carboxylic acids is 2. The quantitative estimate of drug-likeness (QED) is 0.352. The molecule has 0 atom stereocenters. The first kappa shape index (κ1) is 25.6. The first-order chi connectivity index (χ1) is 13.9. The molecule has 0 aliphatic carbocycles. The Labute approximate surface area is 176 Å². The molecule has 0 saturated heterocycles. The average Bonchev–Trinajstić information content (AvgIpc) is 2.66. The fraction of sp³-hybridized carbons (Fsp3) is 0.200. The third-order valence-corrected chi connectivity index (χ3v) is 3.86. The van der Waals surface area contributed by atoms with Gasteiger partial charge in [0.2, 0.25) is 0 Å². The van der Waals surface area contributed by atoms with Gasteiger partial charge in [-0.1, -0.05) is 28.1 Å². The lowest BCUT2D eigenvalue weighted by molar-refractivity contribution is -0.138. The van der Waals surface area contributed by atoms with Crippen molar-refractivity contribution < 1.29 is 40.7 Å². The summed E-state index contributed by atoms with van der Waals surface area (Å²) in [6, 6.07) is 6.24. The van der Waals surface area contributed by atoms with Crippen LogP contribution in [0.15, 0.2) is 46.9 Å². The molecular weight excluding hydrogens is 482 g/mol. The fourth-order valence-electron chi connectivity index (χ4n) is 2.13. The smallest absolute Gasteiger partial charge is 0.381 e. The minimum absolute atomic E-state index is 0.00157. The molecule has 162 valence electrons. The van der Waals surface area contributed by atoms with Gasteiger partial charge in [-0.2, -0.15) is 26.3 Å². The van der Waals surface area contributed by atoms with Gasteiger partial charge in [-0.25, -0.2) is 0 Å². The molecule has 0 aromatic heterocycles. The number of alkyl halides is 6. The number of hydrogen-bond acceptors (Lipinski definition) is 3. The molecule has 0 spiro atoms. The van der Waals surface area contributed by atoms with Crippen LogP contribution in [0.1, 0.15) is 37.4 Å². The van der Waals surface area contributed by atoms with E-state index in [1.54, 1.807) is 6.08 Å². The number of methoxy groups -OCH3 is 1. The van der Waals surface area contributed by atoms with Gasteiger partial charge in [-0.05, 0) is 42.0 Å². The minimum atomic E-state index is -4.46. The Hall–Kier alpha value is -2.46. The summed E-state index contributed by atoms with van der Waals surface area (Å²) in [5, 5.41) is 0. The van der Waals surface area contributed by atoms with Gasteiger partial charge in [0.05, 0.1) is 17.7 Å². The maximum atomic E-state index is 12.5. The summed E-state index contributed by atoms with van der Waals surface area (Å²) in [5.41, 5.74) is -1.35. The zero-order valence-corrected chi connectivity index (χ0v) is 16.9. The van der Waals surface area contributed by atoms with Gasteiger partial charge in [0.1, 0.15) is 12.6 Å². The summed E-state index contributed by atoms with van der Waals surface area (Å²) in [6.07, 6.45) is -5.05. The van der Waals surface area contributed by atoms with Crippen molar-refractivity contribution in [2.45, 2.75) is 12.4 Å². The number of hydrogen-bond donors (Lipinski definition) is 0. The molecule has 0 saturated carbocycles. The van der Waals surface area contributed by atoms with Gasteiger partial charge in [-0.3, -0.25) is 9.59 Å². The van der Waals surface area contributed by atoms with E-state index in [-0.39, 0.29) is 15.6 Å². The Kier molecular flexibility index (Phi) is 9.44. The Morgan fingerprint density at radius 1 is 0.800 bits per heavy atom. The molecule has 0 heterocycles. The van der Waals surface area contributed by atoms with Crippen molar-refractivity contribution in [2.24, 2.45) is 0 Å². The molecule has 0 aliphatic rings. The molecule has 0 bridgehead atoms. The lowest BCUT2D eigenvalue weighted by Crippen LogP contribution is -2.06. The molecule has 2 aromatic rings. The number of rotatable bonds is 5. The maximum Gasteiger partial charge on any atom is 0.416 e. The zero-order chi connectivity index (χ0) is 22.9. The number of carbonyl (C=O) groups is 2. The first-order valence-corrected chi connectivity index (χ1v) is 8.86. The summed E-state index contributed by atoms with van der Waals surface area (Å²) < 4.78 is 78.9. The van der Waals surface area contributed by atoms with Crippen molar-refractivity contribution in [3.63, 3.8) is 0 Å². The molecule has 0 fully saturated rings. The van der Waals surface area contributed by atoms with Crippen molar-refractivity contribution >= 4 is 34.6 Å². The number of halogens is 7. The number of benzene rings is 2. The van der Waals surface area contributed by atoms with E-state index in [1.807, 2.05) is 0 Å². The molecular formula is C20H15BrF6O3. The van der Waals surface area contributed by atoms with Crippen LogP contribution in [0.2, 0.25) is 0 Å². The Balaban J connectivity index is 0.000000311.